The molecule has 7 heteroatoms. The van der Waals surface area contributed by atoms with Crippen LogP contribution >= 0.6 is 0 Å². The van der Waals surface area contributed by atoms with E-state index in [0.29, 0.717) is 0 Å². The molecule has 0 aliphatic heterocycles. The normalized spacial score (nSPS) is 9.40. The Balaban J connectivity index is -0.0000000600. The van der Waals surface area contributed by atoms with Gasteiger partial charge in [0.1, 0.15) is 0 Å². The molecule has 1 unspecified atom stereocenters. The number of rotatable bonds is 2. The molecule has 5 N–H and O–H groups in total. The van der Waals surface area contributed by atoms with Crippen molar-refractivity contribution >= 4 is 65.1 Å². The molecule has 0 amide bonds. The maximum atomic E-state index is 9.52. The first kappa shape index (κ1) is 22.5. The summed E-state index contributed by atoms with van der Waals surface area (Å²) >= 11 is 0. The molecule has 0 radical (unpaired) electrons. The minimum atomic E-state index is -1.63. The topological polar surface area (TPSA) is 109 Å². The summed E-state index contributed by atoms with van der Waals surface area (Å²) in [7, 11) is 0. The van der Waals surface area contributed by atoms with Gasteiger partial charge in [-0.3, -0.25) is 0 Å². The fraction of sp³-hybridized carbons (Fsp3) is 0.667. The molecule has 10 heavy (non-hydrogen) atoms. The van der Waals surface area contributed by atoms with Crippen LogP contribution in [0.5, 0.6) is 0 Å². The first-order valence-electron chi connectivity index (χ1n) is 1.70. The average Bonchev–Trinajstić information content (AvgIpc) is 1.65. The first-order chi connectivity index (χ1) is 3.18. The fourth-order valence-corrected chi connectivity index (χ4v) is 0.0781. The van der Waals surface area contributed by atoms with E-state index >= 15 is 0 Å². The van der Waals surface area contributed by atoms with Crippen LogP contribution in [0.1, 0.15) is 0 Å². The summed E-state index contributed by atoms with van der Waals surface area (Å²) in [6, 6.07) is 0. The summed E-state index contributed by atoms with van der Waals surface area (Å²) in [6.07, 6.45) is -1.63. The number of carboxylic acid groups (broad SMARTS) is 1. The van der Waals surface area contributed by atoms with Gasteiger partial charge in [-0.25, -0.2) is 4.79 Å². The molecule has 54 valence electrons. The van der Waals surface area contributed by atoms with E-state index in [1.165, 1.54) is 0 Å². The molecule has 0 bridgehead atoms. The maximum absolute atomic E-state index is 9.52. The second kappa shape index (κ2) is 13.0. The number of aliphatic hydroxyl groups excluding tert-OH is 2. The zero-order valence-electron chi connectivity index (χ0n) is 4.03. The van der Waals surface area contributed by atoms with Crippen molar-refractivity contribution in [2.45, 2.75) is 6.10 Å². The van der Waals surface area contributed by atoms with Gasteiger partial charge in [0.15, 0.2) is 6.10 Å². The van der Waals surface area contributed by atoms with Crippen molar-refractivity contribution in [2.75, 3.05) is 6.61 Å². The number of carbonyl (C=O) groups is 1. The van der Waals surface area contributed by atoms with Crippen LogP contribution in [0, 0.1) is 0 Å². The van der Waals surface area contributed by atoms with Crippen LogP contribution in [-0.4, -0.2) is 98.6 Å². The molecule has 0 heterocycles. The fourth-order valence-electron chi connectivity index (χ4n) is 0.0781. The third kappa shape index (κ3) is 12.1. The van der Waals surface area contributed by atoms with Gasteiger partial charge < -0.3 is 20.8 Å². The van der Waals surface area contributed by atoms with Crippen LogP contribution in [0.15, 0.2) is 0 Å². The molecule has 0 aromatic heterocycles. The molecule has 0 saturated heterocycles. The van der Waals surface area contributed by atoms with Gasteiger partial charge in [-0.2, -0.15) is 0 Å². The second-order valence-electron chi connectivity index (χ2n) is 1.04. The number of hydrogen-bond acceptors (Lipinski definition) is 3. The summed E-state index contributed by atoms with van der Waals surface area (Å²) in [4.78, 5) is 9.52. The first-order valence-corrected chi connectivity index (χ1v) is 1.70. The second-order valence-corrected chi connectivity index (χ2v) is 1.04. The monoisotopic (exact) mass is 172 g/mol. The van der Waals surface area contributed by atoms with Crippen molar-refractivity contribution in [1.82, 2.24) is 0 Å². The van der Waals surface area contributed by atoms with Crippen LogP contribution < -0.4 is 0 Å². The Bertz CT molecular complexity index is 77.3. The number of aliphatic carboxylic acids is 1. The molecular weight excluding hydrogens is 162 g/mol. The minimum absolute atomic E-state index is 0. The molecule has 0 aromatic rings. The molecule has 1 atom stereocenters. The number of carboxylic acids is 1. The number of hydrogen-bond donors (Lipinski definition) is 3. The third-order valence-electron chi connectivity index (χ3n) is 0.458. The Morgan fingerprint density at radius 3 is 1.70 bits per heavy atom. The van der Waals surface area contributed by atoms with E-state index < -0.39 is 18.7 Å². The molecule has 0 fully saturated rings. The van der Waals surface area contributed by atoms with E-state index in [0.717, 1.165) is 0 Å². The van der Waals surface area contributed by atoms with E-state index in [4.69, 9.17) is 15.3 Å². The molecule has 0 aliphatic rings. The van der Waals surface area contributed by atoms with Gasteiger partial charge in [-0.05, 0) is 0 Å². The van der Waals surface area contributed by atoms with Gasteiger partial charge in [0.25, 0.3) is 0 Å². The quantitative estimate of drug-likeness (QED) is 0.372. The van der Waals surface area contributed by atoms with Crippen molar-refractivity contribution in [2.24, 2.45) is 0 Å². The van der Waals surface area contributed by atoms with E-state index in [-0.39, 0.29) is 64.6 Å². The Kier molecular flexibility index (Phi) is 29.2. The standard InChI is InChI=1S/C3H6O4.2Na.H2O.2H/c4-1-2(5)3(6)7;;;;;/h2,4-5H,1H2,(H,6,7);;;1H2;;. The summed E-state index contributed by atoms with van der Waals surface area (Å²) < 4.78 is 0. The summed E-state index contributed by atoms with van der Waals surface area (Å²) in [5.41, 5.74) is 0. The van der Waals surface area contributed by atoms with Crippen molar-refractivity contribution < 1.29 is 25.6 Å². The SMILES string of the molecule is O.O=C(O)C(O)CO.[NaH].[NaH]. The molecule has 0 rings (SSSR count). The van der Waals surface area contributed by atoms with Gasteiger partial charge in [0, 0.05) is 0 Å². The Labute approximate surface area is 102 Å². The number of aliphatic hydroxyl groups is 2. The van der Waals surface area contributed by atoms with Gasteiger partial charge in [0.2, 0.25) is 0 Å². The van der Waals surface area contributed by atoms with Gasteiger partial charge in [0.05, 0.1) is 6.61 Å². The zero-order chi connectivity index (χ0) is 5.86. The predicted molar refractivity (Wildman–Crippen MR) is 38.6 cm³/mol. The van der Waals surface area contributed by atoms with Crippen molar-refractivity contribution in [3.8, 4) is 0 Å². The van der Waals surface area contributed by atoms with Crippen LogP contribution in [-0.2, 0) is 4.79 Å². The van der Waals surface area contributed by atoms with E-state index in [1.54, 1.807) is 0 Å². The van der Waals surface area contributed by atoms with Crippen LogP contribution in [0.2, 0.25) is 0 Å². The van der Waals surface area contributed by atoms with E-state index in [9.17, 15) is 4.79 Å². The Morgan fingerprint density at radius 1 is 1.40 bits per heavy atom. The van der Waals surface area contributed by atoms with Crippen LogP contribution in [0.4, 0.5) is 0 Å². The van der Waals surface area contributed by atoms with Crippen molar-refractivity contribution in [1.29, 1.82) is 0 Å². The molecule has 0 aliphatic carbocycles. The third-order valence-corrected chi connectivity index (χ3v) is 0.458. The van der Waals surface area contributed by atoms with Crippen molar-refractivity contribution in [3.05, 3.63) is 0 Å². The molecule has 0 saturated carbocycles. The molecule has 0 aromatic carbocycles. The molecule has 5 nitrogen and oxygen atoms in total. The van der Waals surface area contributed by atoms with Crippen molar-refractivity contribution in [3.63, 3.8) is 0 Å². The average molecular weight is 172 g/mol. The Morgan fingerprint density at radius 2 is 1.70 bits per heavy atom. The van der Waals surface area contributed by atoms with E-state index in [2.05, 4.69) is 0 Å². The summed E-state index contributed by atoms with van der Waals surface area (Å²) in [6.45, 7) is -0.727. The van der Waals surface area contributed by atoms with Gasteiger partial charge in [-0.15, -0.1) is 0 Å². The Hall–Kier alpha value is 1.35. The van der Waals surface area contributed by atoms with Crippen LogP contribution in [0.25, 0.3) is 0 Å². The molecule has 0 spiro atoms. The van der Waals surface area contributed by atoms with E-state index in [1.807, 2.05) is 0 Å². The summed E-state index contributed by atoms with van der Waals surface area (Å²) in [5.74, 6) is -1.40. The molecular formula is C3H10Na2O5. The van der Waals surface area contributed by atoms with Crippen LogP contribution in [0.3, 0.4) is 0 Å². The zero-order valence-corrected chi connectivity index (χ0v) is 4.03. The van der Waals surface area contributed by atoms with Gasteiger partial charge in [-0.1, -0.05) is 0 Å². The predicted octanol–water partition coefficient (Wildman–Crippen LogP) is -3.70. The summed E-state index contributed by atoms with van der Waals surface area (Å²) in [5, 5.41) is 23.7. The van der Waals surface area contributed by atoms with Gasteiger partial charge >= 0.3 is 65.1 Å².